The molecule has 4 nitrogen and oxygen atoms in total. The third-order valence-corrected chi connectivity index (χ3v) is 2.03. The number of rotatable bonds is 3. The topological polar surface area (TPSA) is 62.4 Å². The SMILES string of the molecule is CCOC(=O)c1ccc(C(C)=NC#N)cc1. The van der Waals surface area contributed by atoms with Gasteiger partial charge in [-0.15, -0.1) is 0 Å². The summed E-state index contributed by atoms with van der Waals surface area (Å²) in [6.45, 7) is 3.86. The van der Waals surface area contributed by atoms with Gasteiger partial charge in [-0.1, -0.05) is 12.1 Å². The highest BCUT2D eigenvalue weighted by Crippen LogP contribution is 2.07. The molecule has 0 aliphatic heterocycles. The molecule has 0 spiro atoms. The van der Waals surface area contributed by atoms with Gasteiger partial charge in [0.2, 0.25) is 6.19 Å². The smallest absolute Gasteiger partial charge is 0.338 e. The number of benzene rings is 1. The summed E-state index contributed by atoms with van der Waals surface area (Å²) in [5, 5.41) is 8.40. The molecule has 0 N–H and O–H groups in total. The number of hydrogen-bond donors (Lipinski definition) is 0. The fourth-order valence-electron chi connectivity index (χ4n) is 1.20. The van der Waals surface area contributed by atoms with E-state index in [4.69, 9.17) is 10.00 Å². The van der Waals surface area contributed by atoms with Crippen molar-refractivity contribution < 1.29 is 9.53 Å². The lowest BCUT2D eigenvalue weighted by atomic mass is 10.1. The predicted octanol–water partition coefficient (Wildman–Crippen LogP) is 2.15. The van der Waals surface area contributed by atoms with Crippen LogP contribution in [0.4, 0.5) is 0 Å². The van der Waals surface area contributed by atoms with E-state index >= 15 is 0 Å². The molecule has 0 aliphatic carbocycles. The Morgan fingerprint density at radius 3 is 2.44 bits per heavy atom. The molecule has 82 valence electrons. The molecule has 0 fully saturated rings. The van der Waals surface area contributed by atoms with Crippen LogP contribution >= 0.6 is 0 Å². The Bertz CT molecular complexity index is 441. The number of nitrogens with zero attached hydrogens (tertiary/aromatic N) is 2. The molecule has 0 aliphatic rings. The Morgan fingerprint density at radius 2 is 1.94 bits per heavy atom. The number of carbonyl (C=O) groups excluding carboxylic acids is 1. The van der Waals surface area contributed by atoms with E-state index in [2.05, 4.69) is 4.99 Å². The number of nitriles is 1. The number of esters is 1. The highest BCUT2D eigenvalue weighted by atomic mass is 16.5. The van der Waals surface area contributed by atoms with Crippen molar-refractivity contribution in [3.05, 3.63) is 35.4 Å². The molecule has 4 heteroatoms. The maximum absolute atomic E-state index is 11.3. The van der Waals surface area contributed by atoms with Crippen molar-refractivity contribution >= 4 is 11.7 Å². The van der Waals surface area contributed by atoms with Crippen LogP contribution < -0.4 is 0 Å². The van der Waals surface area contributed by atoms with Crippen molar-refractivity contribution in [3.8, 4) is 6.19 Å². The molecule has 1 rings (SSSR count). The van der Waals surface area contributed by atoms with Crippen LogP contribution in [0.5, 0.6) is 0 Å². The van der Waals surface area contributed by atoms with Gasteiger partial charge in [0, 0.05) is 0 Å². The lowest BCUT2D eigenvalue weighted by Crippen LogP contribution is -2.05. The van der Waals surface area contributed by atoms with E-state index in [0.717, 1.165) is 5.56 Å². The summed E-state index contributed by atoms with van der Waals surface area (Å²) in [7, 11) is 0. The zero-order valence-corrected chi connectivity index (χ0v) is 9.23. The van der Waals surface area contributed by atoms with E-state index in [-0.39, 0.29) is 5.97 Å². The number of ether oxygens (including phenoxy) is 1. The van der Waals surface area contributed by atoms with Gasteiger partial charge in [-0.25, -0.2) is 4.79 Å². The van der Waals surface area contributed by atoms with Crippen LogP contribution in [0.3, 0.4) is 0 Å². The van der Waals surface area contributed by atoms with Crippen LogP contribution in [0.1, 0.15) is 29.8 Å². The van der Waals surface area contributed by atoms with E-state index in [1.807, 2.05) is 0 Å². The quantitative estimate of drug-likeness (QED) is 0.442. The summed E-state index contributed by atoms with van der Waals surface area (Å²) in [5.74, 6) is -0.344. The van der Waals surface area contributed by atoms with Crippen LogP contribution in [0.2, 0.25) is 0 Å². The fourth-order valence-corrected chi connectivity index (χ4v) is 1.20. The highest BCUT2D eigenvalue weighted by molar-refractivity contribution is 6.00. The summed E-state index contributed by atoms with van der Waals surface area (Å²) in [6, 6.07) is 6.79. The van der Waals surface area contributed by atoms with Gasteiger partial charge in [0.25, 0.3) is 0 Å². The Balaban J connectivity index is 2.88. The molecule has 1 aromatic rings. The van der Waals surface area contributed by atoms with Gasteiger partial charge < -0.3 is 4.74 Å². The largest absolute Gasteiger partial charge is 0.462 e. The van der Waals surface area contributed by atoms with E-state index in [1.54, 1.807) is 44.3 Å². The average Bonchev–Trinajstić information content (AvgIpc) is 2.30. The molecule has 1 aromatic carbocycles. The van der Waals surface area contributed by atoms with E-state index in [0.29, 0.717) is 17.9 Å². The number of hydrogen-bond acceptors (Lipinski definition) is 4. The first kappa shape index (κ1) is 11.9. The van der Waals surface area contributed by atoms with Crippen LogP contribution in [0, 0.1) is 11.5 Å². The van der Waals surface area contributed by atoms with Crippen LogP contribution in [0.15, 0.2) is 29.3 Å². The summed E-state index contributed by atoms with van der Waals surface area (Å²) >= 11 is 0. The Morgan fingerprint density at radius 1 is 1.38 bits per heavy atom. The minimum atomic E-state index is -0.344. The molecule has 0 aromatic heterocycles. The molecule has 0 bridgehead atoms. The Labute approximate surface area is 94.2 Å². The van der Waals surface area contributed by atoms with Crippen molar-refractivity contribution in [2.75, 3.05) is 6.61 Å². The van der Waals surface area contributed by atoms with Gasteiger partial charge >= 0.3 is 5.97 Å². The van der Waals surface area contributed by atoms with Gasteiger partial charge in [0.05, 0.1) is 17.9 Å². The molecule has 0 unspecified atom stereocenters. The molecule has 0 radical (unpaired) electrons. The second kappa shape index (κ2) is 5.66. The van der Waals surface area contributed by atoms with Crippen molar-refractivity contribution in [2.45, 2.75) is 13.8 Å². The second-order valence-corrected chi connectivity index (χ2v) is 3.10. The molecule has 0 heterocycles. The van der Waals surface area contributed by atoms with Gasteiger partial charge in [-0.3, -0.25) is 0 Å². The van der Waals surface area contributed by atoms with Crippen molar-refractivity contribution in [1.82, 2.24) is 0 Å². The summed E-state index contributed by atoms with van der Waals surface area (Å²) in [6.07, 6.45) is 1.72. The summed E-state index contributed by atoms with van der Waals surface area (Å²) in [4.78, 5) is 15.0. The normalized spacial score (nSPS) is 10.7. The van der Waals surface area contributed by atoms with Crippen molar-refractivity contribution in [2.24, 2.45) is 4.99 Å². The first-order valence-corrected chi connectivity index (χ1v) is 4.90. The summed E-state index contributed by atoms with van der Waals surface area (Å²) < 4.78 is 4.85. The highest BCUT2D eigenvalue weighted by Gasteiger charge is 2.06. The van der Waals surface area contributed by atoms with E-state index < -0.39 is 0 Å². The van der Waals surface area contributed by atoms with Crippen LogP contribution in [-0.2, 0) is 4.74 Å². The van der Waals surface area contributed by atoms with Crippen LogP contribution in [0.25, 0.3) is 0 Å². The fraction of sp³-hybridized carbons (Fsp3) is 0.250. The molecular weight excluding hydrogens is 204 g/mol. The zero-order valence-electron chi connectivity index (χ0n) is 9.23. The van der Waals surface area contributed by atoms with Crippen molar-refractivity contribution in [3.63, 3.8) is 0 Å². The first-order valence-electron chi connectivity index (χ1n) is 4.90. The van der Waals surface area contributed by atoms with E-state index in [9.17, 15) is 4.79 Å². The van der Waals surface area contributed by atoms with Gasteiger partial charge in [0.15, 0.2) is 0 Å². The predicted molar refractivity (Wildman–Crippen MR) is 60.2 cm³/mol. The van der Waals surface area contributed by atoms with Gasteiger partial charge in [-0.2, -0.15) is 10.3 Å². The average molecular weight is 216 g/mol. The minimum Gasteiger partial charge on any atom is -0.462 e. The Kier molecular flexibility index (Phi) is 4.22. The molecule has 16 heavy (non-hydrogen) atoms. The molecule has 0 amide bonds. The molecule has 0 atom stereocenters. The first-order chi connectivity index (χ1) is 7.69. The lowest BCUT2D eigenvalue weighted by Gasteiger charge is -2.02. The standard InChI is InChI=1S/C12H12N2O2/c1-3-16-12(15)11-6-4-10(5-7-11)9(2)14-8-13/h4-7H,3H2,1-2H3. The monoisotopic (exact) mass is 216 g/mol. The molecule has 0 saturated heterocycles. The lowest BCUT2D eigenvalue weighted by molar-refractivity contribution is 0.0526. The zero-order chi connectivity index (χ0) is 12.0. The molecular formula is C12H12N2O2. The minimum absolute atomic E-state index is 0.344. The summed E-state index contributed by atoms with van der Waals surface area (Å²) in [5.41, 5.74) is 1.93. The van der Waals surface area contributed by atoms with Crippen LogP contribution in [-0.4, -0.2) is 18.3 Å². The second-order valence-electron chi connectivity index (χ2n) is 3.10. The number of aliphatic imine (C=N–C) groups is 1. The van der Waals surface area contributed by atoms with Crippen molar-refractivity contribution in [1.29, 1.82) is 5.26 Å². The van der Waals surface area contributed by atoms with Gasteiger partial charge in [-0.05, 0) is 31.5 Å². The van der Waals surface area contributed by atoms with Gasteiger partial charge in [0.1, 0.15) is 0 Å². The Hall–Kier alpha value is -2.15. The van der Waals surface area contributed by atoms with E-state index in [1.165, 1.54) is 0 Å². The third-order valence-electron chi connectivity index (χ3n) is 2.03. The maximum atomic E-state index is 11.3. The number of carbonyl (C=O) groups is 1. The third kappa shape index (κ3) is 2.92. The molecule has 0 saturated carbocycles. The maximum Gasteiger partial charge on any atom is 0.338 e.